The molecule has 1 aliphatic heterocycles. The molecule has 2 aromatic carbocycles. The number of carbonyl (C=O) groups excluding carboxylic acids is 2. The van der Waals surface area contributed by atoms with Gasteiger partial charge in [0.1, 0.15) is 6.04 Å². The third-order valence-corrected chi connectivity index (χ3v) is 10.1. The van der Waals surface area contributed by atoms with Crippen molar-refractivity contribution in [2.24, 2.45) is 5.73 Å². The molecule has 0 bridgehead atoms. The van der Waals surface area contributed by atoms with Gasteiger partial charge in [-0.25, -0.2) is 8.42 Å². The third kappa shape index (κ3) is 5.27. The number of hydrogen-bond acceptors (Lipinski definition) is 5. The van der Waals surface area contributed by atoms with Gasteiger partial charge in [0, 0.05) is 49.1 Å². The van der Waals surface area contributed by atoms with E-state index >= 15 is 0 Å². The number of aromatic nitrogens is 1. The number of H-pyrrole nitrogens is 1. The number of sulfonamides is 1. The molecule has 0 radical (unpaired) electrons. The lowest BCUT2D eigenvalue weighted by Gasteiger charge is -2.42. The van der Waals surface area contributed by atoms with Gasteiger partial charge in [-0.2, -0.15) is 4.31 Å². The fourth-order valence-corrected chi connectivity index (χ4v) is 6.98. The van der Waals surface area contributed by atoms with Gasteiger partial charge in [-0.3, -0.25) is 9.59 Å². The molecule has 2 atom stereocenters. The fourth-order valence-electron chi connectivity index (χ4n) is 6.33. The number of rotatable bonds is 7. The summed E-state index contributed by atoms with van der Waals surface area (Å²) in [5.41, 5.74) is 8.89. The maximum Gasteiger partial charge on any atom is 0.245 e. The van der Waals surface area contributed by atoms with E-state index in [1.807, 2.05) is 53.6 Å². The molecule has 2 amide bonds. The van der Waals surface area contributed by atoms with E-state index in [-0.39, 0.29) is 23.3 Å². The number of fused-ring (bicyclic) bond motifs is 3. The van der Waals surface area contributed by atoms with Gasteiger partial charge in [0.15, 0.2) is 0 Å². The Morgan fingerprint density at radius 1 is 1.15 bits per heavy atom. The van der Waals surface area contributed by atoms with Gasteiger partial charge in [0.25, 0.3) is 0 Å². The summed E-state index contributed by atoms with van der Waals surface area (Å²) < 4.78 is 26.3. The van der Waals surface area contributed by atoms with Crippen LogP contribution in [0.1, 0.15) is 55.8 Å². The quantitative estimate of drug-likeness (QED) is 0.406. The molecule has 1 aliphatic carbocycles. The van der Waals surface area contributed by atoms with Gasteiger partial charge in [-0.15, -0.1) is 0 Å². The van der Waals surface area contributed by atoms with Crippen LogP contribution in [0.15, 0.2) is 54.7 Å². The Balaban J connectivity index is 1.37. The molecule has 214 valence electrons. The highest BCUT2D eigenvalue weighted by molar-refractivity contribution is 7.88. The van der Waals surface area contributed by atoms with Crippen molar-refractivity contribution in [3.8, 4) is 0 Å². The number of aromatic amines is 1. The summed E-state index contributed by atoms with van der Waals surface area (Å²) in [6.45, 7) is 4.30. The fraction of sp³-hybridized carbons (Fsp3) is 0.467. The summed E-state index contributed by atoms with van der Waals surface area (Å²) in [5, 5.41) is 3.95. The molecule has 1 spiro atoms. The Hall–Kier alpha value is -3.21. The second-order valence-corrected chi connectivity index (χ2v) is 14.0. The van der Waals surface area contributed by atoms with Crippen molar-refractivity contribution in [1.82, 2.24) is 19.5 Å². The lowest BCUT2D eigenvalue weighted by Crippen LogP contribution is -2.58. The van der Waals surface area contributed by atoms with Crippen molar-refractivity contribution in [1.29, 1.82) is 0 Å². The number of nitrogens with one attached hydrogen (secondary N) is 2. The zero-order valence-corrected chi connectivity index (χ0v) is 24.4. The van der Waals surface area contributed by atoms with E-state index in [1.54, 1.807) is 20.9 Å². The summed E-state index contributed by atoms with van der Waals surface area (Å²) in [4.78, 5) is 31.9. The number of amides is 2. The minimum atomic E-state index is -3.37. The Labute approximate surface area is 236 Å². The molecule has 5 rings (SSSR count). The minimum Gasteiger partial charge on any atom is -0.361 e. The Morgan fingerprint density at radius 2 is 1.80 bits per heavy atom. The first-order valence-electron chi connectivity index (χ1n) is 13.8. The Morgan fingerprint density at radius 3 is 2.48 bits per heavy atom. The second kappa shape index (κ2) is 10.3. The number of carbonyl (C=O) groups is 2. The van der Waals surface area contributed by atoms with E-state index in [0.29, 0.717) is 25.9 Å². The molecule has 9 nitrogen and oxygen atoms in total. The normalized spacial score (nSPS) is 19.6. The number of benzene rings is 2. The molecule has 1 unspecified atom stereocenters. The minimum absolute atomic E-state index is 0.131. The lowest BCUT2D eigenvalue weighted by molar-refractivity contribution is -0.138. The first-order chi connectivity index (χ1) is 18.8. The van der Waals surface area contributed by atoms with E-state index in [2.05, 4.69) is 16.4 Å². The van der Waals surface area contributed by atoms with Gasteiger partial charge in [0.05, 0.1) is 17.8 Å². The number of para-hydroxylation sites is 1. The molecule has 3 aromatic rings. The van der Waals surface area contributed by atoms with E-state index in [1.165, 1.54) is 16.1 Å². The van der Waals surface area contributed by atoms with Crippen molar-refractivity contribution < 1.29 is 18.0 Å². The molecule has 1 aromatic heterocycles. The Kier molecular flexibility index (Phi) is 7.31. The van der Waals surface area contributed by atoms with Crippen LogP contribution in [0, 0.1) is 0 Å². The topological polar surface area (TPSA) is 129 Å². The van der Waals surface area contributed by atoms with Crippen molar-refractivity contribution in [2.75, 3.05) is 26.4 Å². The summed E-state index contributed by atoms with van der Waals surface area (Å²) in [7, 11) is -1.72. The highest BCUT2D eigenvalue weighted by Gasteiger charge is 2.48. The summed E-state index contributed by atoms with van der Waals surface area (Å²) in [5.74, 6) is -0.510. The van der Waals surface area contributed by atoms with Gasteiger partial charge in [0.2, 0.25) is 21.8 Å². The van der Waals surface area contributed by atoms with Crippen LogP contribution in [0.2, 0.25) is 0 Å². The summed E-state index contributed by atoms with van der Waals surface area (Å²) in [6.07, 6.45) is 5.61. The maximum absolute atomic E-state index is 13.9. The number of nitrogens with zero attached hydrogens (tertiary/aromatic N) is 2. The maximum atomic E-state index is 13.9. The van der Waals surface area contributed by atoms with Crippen LogP contribution in [0.5, 0.6) is 0 Å². The van der Waals surface area contributed by atoms with Crippen LogP contribution in [-0.4, -0.2) is 72.4 Å². The van der Waals surface area contributed by atoms with Crippen LogP contribution in [0.3, 0.4) is 0 Å². The molecule has 40 heavy (non-hydrogen) atoms. The molecule has 1 fully saturated rings. The van der Waals surface area contributed by atoms with Crippen LogP contribution in [-0.2, 0) is 31.4 Å². The van der Waals surface area contributed by atoms with E-state index in [4.69, 9.17) is 5.73 Å². The molecular formula is C30H39N5O4S. The average Bonchev–Trinajstić information content (AvgIpc) is 3.46. The van der Waals surface area contributed by atoms with Crippen LogP contribution in [0.4, 0.5) is 0 Å². The molecule has 10 heteroatoms. The predicted octanol–water partition coefficient (Wildman–Crippen LogP) is 2.83. The van der Waals surface area contributed by atoms with E-state index < -0.39 is 21.6 Å². The highest BCUT2D eigenvalue weighted by Crippen LogP contribution is 2.52. The average molecular weight is 566 g/mol. The lowest BCUT2D eigenvalue weighted by atomic mass is 9.73. The first kappa shape index (κ1) is 28.3. The number of likely N-dealkylation sites (tertiary alicyclic amines) is 1. The van der Waals surface area contributed by atoms with Gasteiger partial charge >= 0.3 is 0 Å². The smallest absolute Gasteiger partial charge is 0.245 e. The monoisotopic (exact) mass is 565 g/mol. The molecule has 1 saturated heterocycles. The molecule has 2 heterocycles. The van der Waals surface area contributed by atoms with Gasteiger partial charge < -0.3 is 20.9 Å². The van der Waals surface area contributed by atoms with Gasteiger partial charge in [-0.05, 0) is 55.9 Å². The Bertz CT molecular complexity index is 1530. The predicted molar refractivity (Wildman–Crippen MR) is 156 cm³/mol. The zero-order valence-electron chi connectivity index (χ0n) is 23.6. The SMILES string of the molecule is CN([C@@H]1CC2(CCN(C(=O)C(Cc3c[nH]c4ccccc34)NC(=O)C(C)(C)N)CC2)c2ccccc21)S(C)(=O)=O. The summed E-state index contributed by atoms with van der Waals surface area (Å²) >= 11 is 0. The standard InChI is InChI=1S/C30H39N5O4S/c1-29(2,31)28(37)33-25(17-20-19-32-24-12-8-6-9-21(20)24)27(36)35-15-13-30(14-16-35)18-26(34(3)40(4,38)39)22-10-5-7-11-23(22)30/h5-12,19,25-26,32H,13-18,31H2,1-4H3,(H,33,37)/t25?,26-/m1/s1. The van der Waals surface area contributed by atoms with Crippen molar-refractivity contribution in [3.63, 3.8) is 0 Å². The molecule has 4 N–H and O–H groups in total. The molecule has 2 aliphatic rings. The number of hydrogen-bond donors (Lipinski definition) is 3. The van der Waals surface area contributed by atoms with Crippen molar-refractivity contribution in [2.45, 2.75) is 62.6 Å². The zero-order chi connectivity index (χ0) is 28.9. The van der Waals surface area contributed by atoms with Crippen LogP contribution < -0.4 is 11.1 Å². The largest absolute Gasteiger partial charge is 0.361 e. The van der Waals surface area contributed by atoms with Crippen molar-refractivity contribution >= 4 is 32.7 Å². The van der Waals surface area contributed by atoms with Crippen LogP contribution in [0.25, 0.3) is 10.9 Å². The summed E-state index contributed by atoms with van der Waals surface area (Å²) in [6, 6.07) is 15.0. The van der Waals surface area contributed by atoms with Crippen LogP contribution >= 0.6 is 0 Å². The first-order valence-corrected chi connectivity index (χ1v) is 15.6. The highest BCUT2D eigenvalue weighted by atomic mass is 32.2. The van der Waals surface area contributed by atoms with Crippen molar-refractivity contribution in [3.05, 3.63) is 71.4 Å². The number of piperidine rings is 1. The molecule has 0 saturated carbocycles. The van der Waals surface area contributed by atoms with Gasteiger partial charge in [-0.1, -0.05) is 42.5 Å². The molecular weight excluding hydrogens is 526 g/mol. The van der Waals surface area contributed by atoms with E-state index in [9.17, 15) is 18.0 Å². The third-order valence-electron chi connectivity index (χ3n) is 8.76. The van der Waals surface area contributed by atoms with E-state index in [0.717, 1.165) is 34.9 Å². The number of nitrogens with two attached hydrogens (primary N) is 1. The second-order valence-electron chi connectivity index (χ2n) is 12.0.